The number of rotatable bonds is 8. The van der Waals surface area contributed by atoms with Crippen LogP contribution in [-0.2, 0) is 20.6 Å². The second kappa shape index (κ2) is 7.28. The molecule has 0 aliphatic rings. The second-order valence-electron chi connectivity index (χ2n) is 4.36. The van der Waals surface area contributed by atoms with E-state index in [0.29, 0.717) is 18.8 Å². The van der Waals surface area contributed by atoms with Gasteiger partial charge in [-0.1, -0.05) is 6.92 Å². The summed E-state index contributed by atoms with van der Waals surface area (Å²) in [5, 5.41) is 0. The van der Waals surface area contributed by atoms with Gasteiger partial charge in [-0.2, -0.15) is 4.31 Å². The van der Waals surface area contributed by atoms with Crippen molar-refractivity contribution in [2.75, 3.05) is 20.3 Å². The van der Waals surface area contributed by atoms with E-state index in [1.807, 2.05) is 13.8 Å². The third-order valence-corrected chi connectivity index (χ3v) is 5.34. The first-order valence-corrected chi connectivity index (χ1v) is 8.18. The first-order valence-electron chi connectivity index (χ1n) is 6.21. The molecule has 1 heterocycles. The number of ether oxygens (including phenoxy) is 1. The molecule has 110 valence electrons. The van der Waals surface area contributed by atoms with E-state index in [9.17, 15) is 8.42 Å². The molecule has 1 aromatic heterocycles. The minimum atomic E-state index is -3.51. The lowest BCUT2D eigenvalue weighted by atomic mass is 10.3. The van der Waals surface area contributed by atoms with Crippen molar-refractivity contribution < 1.29 is 13.2 Å². The molecule has 0 fully saturated rings. The predicted octanol–water partition coefficient (Wildman–Crippen LogP) is 2.19. The van der Waals surface area contributed by atoms with Crippen molar-refractivity contribution in [3.05, 3.63) is 18.0 Å². The van der Waals surface area contributed by atoms with Crippen LogP contribution in [-0.4, -0.2) is 44.0 Å². The van der Waals surface area contributed by atoms with Crippen molar-refractivity contribution in [1.82, 2.24) is 9.29 Å². The van der Waals surface area contributed by atoms with Crippen molar-refractivity contribution in [3.63, 3.8) is 0 Å². The van der Waals surface area contributed by atoms with Crippen LogP contribution >= 0.6 is 11.6 Å². The second-order valence-corrected chi connectivity index (χ2v) is 6.52. The fourth-order valence-corrected chi connectivity index (χ4v) is 3.60. The fraction of sp³-hybridized carbons (Fsp3) is 0.667. The van der Waals surface area contributed by atoms with Crippen molar-refractivity contribution in [2.45, 2.75) is 37.1 Å². The molecular formula is C12H21ClN2O3S. The first kappa shape index (κ1) is 16.5. The Kier molecular flexibility index (Phi) is 6.32. The van der Waals surface area contributed by atoms with E-state index >= 15 is 0 Å². The summed E-state index contributed by atoms with van der Waals surface area (Å²) in [7, 11) is -1.95. The Bertz CT molecular complexity index is 487. The number of sulfonamides is 1. The molecule has 1 N–H and O–H groups in total. The molecule has 1 unspecified atom stereocenters. The molecule has 0 spiro atoms. The van der Waals surface area contributed by atoms with Gasteiger partial charge in [-0.3, -0.25) is 0 Å². The fourth-order valence-electron chi connectivity index (χ4n) is 1.74. The Morgan fingerprint density at radius 1 is 1.53 bits per heavy atom. The number of aromatic amines is 1. The molecule has 1 atom stereocenters. The van der Waals surface area contributed by atoms with E-state index in [0.717, 1.165) is 6.42 Å². The highest BCUT2D eigenvalue weighted by atomic mass is 35.5. The summed E-state index contributed by atoms with van der Waals surface area (Å²) >= 11 is 5.68. The number of H-pyrrole nitrogens is 1. The normalized spacial score (nSPS) is 13.9. The lowest BCUT2D eigenvalue weighted by Crippen LogP contribution is -2.40. The summed E-state index contributed by atoms with van der Waals surface area (Å²) in [6, 6.07) is 1.50. The van der Waals surface area contributed by atoms with Crippen LogP contribution in [0, 0.1) is 0 Å². The molecule has 0 saturated carbocycles. The van der Waals surface area contributed by atoms with Gasteiger partial charge in [-0.15, -0.1) is 11.6 Å². The number of hydrogen-bond acceptors (Lipinski definition) is 3. The summed E-state index contributed by atoms with van der Waals surface area (Å²) in [4.78, 5) is 3.11. The van der Waals surface area contributed by atoms with E-state index in [-0.39, 0.29) is 16.8 Å². The highest BCUT2D eigenvalue weighted by molar-refractivity contribution is 7.89. The zero-order chi connectivity index (χ0) is 14.5. The Morgan fingerprint density at radius 3 is 2.68 bits per heavy atom. The summed E-state index contributed by atoms with van der Waals surface area (Å²) < 4.78 is 31.6. The SMILES string of the molecule is CCC(C)N(CCOC)S(=O)(=O)c1c[nH]c(CCl)c1. The van der Waals surface area contributed by atoms with Gasteiger partial charge in [0.05, 0.1) is 17.4 Å². The third-order valence-electron chi connectivity index (χ3n) is 3.07. The molecule has 19 heavy (non-hydrogen) atoms. The number of nitrogens with zero attached hydrogens (tertiary/aromatic N) is 1. The average molecular weight is 309 g/mol. The minimum Gasteiger partial charge on any atom is -0.383 e. The largest absolute Gasteiger partial charge is 0.383 e. The van der Waals surface area contributed by atoms with Gasteiger partial charge in [0.1, 0.15) is 0 Å². The van der Waals surface area contributed by atoms with Crippen LogP contribution in [0.4, 0.5) is 0 Å². The Balaban J connectivity index is 3.04. The lowest BCUT2D eigenvalue weighted by Gasteiger charge is -2.26. The van der Waals surface area contributed by atoms with Gasteiger partial charge >= 0.3 is 0 Å². The summed E-state index contributed by atoms with van der Waals surface area (Å²) in [6.07, 6.45) is 2.23. The maximum atomic E-state index is 12.6. The average Bonchev–Trinajstić information content (AvgIpc) is 2.88. The predicted molar refractivity (Wildman–Crippen MR) is 75.9 cm³/mol. The van der Waals surface area contributed by atoms with E-state index < -0.39 is 10.0 Å². The van der Waals surface area contributed by atoms with Crippen LogP contribution in [0.15, 0.2) is 17.2 Å². The van der Waals surface area contributed by atoms with Gasteiger partial charge in [0, 0.05) is 31.6 Å². The highest BCUT2D eigenvalue weighted by Crippen LogP contribution is 2.20. The first-order chi connectivity index (χ1) is 8.97. The van der Waals surface area contributed by atoms with Crippen molar-refractivity contribution >= 4 is 21.6 Å². The molecule has 0 aromatic carbocycles. The van der Waals surface area contributed by atoms with Crippen LogP contribution in [0.2, 0.25) is 0 Å². The molecule has 5 nitrogen and oxygen atoms in total. The highest BCUT2D eigenvalue weighted by Gasteiger charge is 2.28. The van der Waals surface area contributed by atoms with Crippen LogP contribution in [0.1, 0.15) is 26.0 Å². The van der Waals surface area contributed by atoms with Gasteiger partial charge in [-0.05, 0) is 19.4 Å². The smallest absolute Gasteiger partial charge is 0.244 e. The molecule has 0 saturated heterocycles. The quantitative estimate of drug-likeness (QED) is 0.749. The summed E-state index contributed by atoms with van der Waals surface area (Å²) in [6.45, 7) is 4.56. The minimum absolute atomic E-state index is 0.0745. The van der Waals surface area contributed by atoms with Crippen molar-refractivity contribution in [2.24, 2.45) is 0 Å². The summed E-state index contributed by atoms with van der Waals surface area (Å²) in [5.74, 6) is 0.261. The number of halogens is 1. The number of aromatic nitrogens is 1. The zero-order valence-electron chi connectivity index (χ0n) is 11.5. The number of alkyl halides is 1. The molecule has 0 aliphatic heterocycles. The maximum absolute atomic E-state index is 12.6. The molecule has 0 amide bonds. The standard InChI is InChI=1S/C12H21ClN2O3S/c1-4-10(2)15(5-6-18-3)19(16,17)12-7-11(8-13)14-9-12/h7,9-10,14H,4-6,8H2,1-3H3. The summed E-state index contributed by atoms with van der Waals surface area (Å²) in [5.41, 5.74) is 0.691. The van der Waals surface area contributed by atoms with E-state index in [2.05, 4.69) is 4.98 Å². The van der Waals surface area contributed by atoms with E-state index in [4.69, 9.17) is 16.3 Å². The molecule has 0 radical (unpaired) electrons. The number of nitrogens with one attached hydrogen (secondary N) is 1. The Morgan fingerprint density at radius 2 is 2.21 bits per heavy atom. The van der Waals surface area contributed by atoms with Gasteiger partial charge in [0.15, 0.2) is 0 Å². The zero-order valence-corrected chi connectivity index (χ0v) is 13.1. The molecule has 1 rings (SSSR count). The molecule has 1 aromatic rings. The molecule has 7 heteroatoms. The van der Waals surface area contributed by atoms with Crippen LogP contribution in [0.5, 0.6) is 0 Å². The Hall–Kier alpha value is -0.560. The van der Waals surface area contributed by atoms with Crippen molar-refractivity contribution in [1.29, 1.82) is 0 Å². The van der Waals surface area contributed by atoms with Crippen LogP contribution in [0.3, 0.4) is 0 Å². The maximum Gasteiger partial charge on any atom is 0.244 e. The van der Waals surface area contributed by atoms with E-state index in [1.165, 1.54) is 10.5 Å². The number of hydrogen-bond donors (Lipinski definition) is 1. The van der Waals surface area contributed by atoms with Crippen LogP contribution < -0.4 is 0 Å². The van der Waals surface area contributed by atoms with Crippen LogP contribution in [0.25, 0.3) is 0 Å². The lowest BCUT2D eigenvalue weighted by molar-refractivity contribution is 0.167. The topological polar surface area (TPSA) is 62.4 Å². The van der Waals surface area contributed by atoms with Crippen molar-refractivity contribution in [3.8, 4) is 0 Å². The molecule has 0 aliphatic carbocycles. The van der Waals surface area contributed by atoms with Gasteiger partial charge < -0.3 is 9.72 Å². The molecule has 0 bridgehead atoms. The third kappa shape index (κ3) is 3.95. The van der Waals surface area contributed by atoms with E-state index in [1.54, 1.807) is 13.2 Å². The van der Waals surface area contributed by atoms with Gasteiger partial charge in [0.2, 0.25) is 10.0 Å². The van der Waals surface area contributed by atoms with Gasteiger partial charge in [0.25, 0.3) is 0 Å². The number of methoxy groups -OCH3 is 1. The monoisotopic (exact) mass is 308 g/mol. The molecular weight excluding hydrogens is 288 g/mol. The Labute approximate surface area is 119 Å². The van der Waals surface area contributed by atoms with Gasteiger partial charge in [-0.25, -0.2) is 8.42 Å².